The Labute approximate surface area is 157 Å². The molecule has 0 bridgehead atoms. The van der Waals surface area contributed by atoms with Gasteiger partial charge in [-0.25, -0.2) is 9.78 Å². The first-order chi connectivity index (χ1) is 13.1. The van der Waals surface area contributed by atoms with Gasteiger partial charge in [0.2, 0.25) is 5.91 Å². The lowest BCUT2D eigenvalue weighted by molar-refractivity contribution is -0.113. The Morgan fingerprint density at radius 3 is 2.78 bits per heavy atom. The standard InChI is InChI=1S/C16H14N6O4S/c1-26-13-6-11(3-4-12(13)22-9-18-20-21-22)19-14(23)8-27-15-5-2-10(7-17-15)16(24)25/h2-7,9H,8H2,1H3,(H,19,23)(H,24,25). The Morgan fingerprint density at radius 2 is 2.15 bits per heavy atom. The SMILES string of the molecule is COc1cc(NC(=O)CSc2ccc(C(=O)O)cn2)ccc1-n1cnnn1. The zero-order valence-corrected chi connectivity index (χ0v) is 14.9. The highest BCUT2D eigenvalue weighted by Crippen LogP contribution is 2.26. The lowest BCUT2D eigenvalue weighted by Gasteiger charge is -2.10. The number of pyridine rings is 1. The van der Waals surface area contributed by atoms with Crippen LogP contribution in [0.5, 0.6) is 5.75 Å². The zero-order chi connectivity index (χ0) is 19.2. The number of amides is 1. The summed E-state index contributed by atoms with van der Waals surface area (Å²) in [6, 6.07) is 8.11. The van der Waals surface area contributed by atoms with Crippen LogP contribution in [-0.4, -0.2) is 55.0 Å². The third-order valence-electron chi connectivity index (χ3n) is 3.39. The maximum Gasteiger partial charge on any atom is 0.337 e. The number of carbonyl (C=O) groups excluding carboxylic acids is 1. The minimum absolute atomic E-state index is 0.0959. The average Bonchev–Trinajstić information content (AvgIpc) is 3.21. The van der Waals surface area contributed by atoms with Gasteiger partial charge in [-0.05, 0) is 34.7 Å². The Morgan fingerprint density at radius 1 is 1.30 bits per heavy atom. The number of carboxylic acid groups (broad SMARTS) is 1. The van der Waals surface area contributed by atoms with Gasteiger partial charge in [0.1, 0.15) is 17.8 Å². The fourth-order valence-corrected chi connectivity index (χ4v) is 2.79. The van der Waals surface area contributed by atoms with Crippen LogP contribution in [0, 0.1) is 0 Å². The molecule has 138 valence electrons. The number of anilines is 1. The van der Waals surface area contributed by atoms with Crippen molar-refractivity contribution in [2.75, 3.05) is 18.2 Å². The zero-order valence-electron chi connectivity index (χ0n) is 14.1. The van der Waals surface area contributed by atoms with Crippen molar-refractivity contribution in [2.45, 2.75) is 5.03 Å². The maximum absolute atomic E-state index is 12.1. The van der Waals surface area contributed by atoms with Crippen molar-refractivity contribution in [1.82, 2.24) is 25.2 Å². The Kier molecular flexibility index (Phi) is 5.61. The monoisotopic (exact) mass is 386 g/mol. The second-order valence-corrected chi connectivity index (χ2v) is 6.16. The summed E-state index contributed by atoms with van der Waals surface area (Å²) < 4.78 is 6.77. The molecule has 10 nitrogen and oxygen atoms in total. The summed E-state index contributed by atoms with van der Waals surface area (Å²) in [4.78, 5) is 26.9. The van der Waals surface area contributed by atoms with Gasteiger partial charge in [0.25, 0.3) is 0 Å². The molecule has 0 radical (unpaired) electrons. The molecule has 3 rings (SSSR count). The van der Waals surface area contributed by atoms with Gasteiger partial charge in [0.05, 0.1) is 23.5 Å². The van der Waals surface area contributed by atoms with Crippen LogP contribution in [0.15, 0.2) is 47.9 Å². The largest absolute Gasteiger partial charge is 0.494 e. The van der Waals surface area contributed by atoms with E-state index in [-0.39, 0.29) is 17.2 Å². The molecule has 27 heavy (non-hydrogen) atoms. The number of carbonyl (C=O) groups is 2. The summed E-state index contributed by atoms with van der Waals surface area (Å²) in [5.74, 6) is -0.660. The Bertz CT molecular complexity index is 946. The number of carboxylic acids is 1. The third-order valence-corrected chi connectivity index (χ3v) is 4.34. The van der Waals surface area contributed by atoms with Crippen molar-refractivity contribution in [1.29, 1.82) is 0 Å². The van der Waals surface area contributed by atoms with Crippen molar-refractivity contribution in [3.63, 3.8) is 0 Å². The maximum atomic E-state index is 12.1. The first-order valence-corrected chi connectivity index (χ1v) is 8.59. The van der Waals surface area contributed by atoms with Crippen LogP contribution >= 0.6 is 11.8 Å². The number of methoxy groups -OCH3 is 1. The number of aromatic carboxylic acids is 1. The molecule has 2 heterocycles. The number of nitrogens with one attached hydrogen (secondary N) is 1. The van der Waals surface area contributed by atoms with Gasteiger partial charge in [-0.1, -0.05) is 11.8 Å². The van der Waals surface area contributed by atoms with E-state index in [0.29, 0.717) is 22.2 Å². The fourth-order valence-electron chi connectivity index (χ4n) is 2.15. The van der Waals surface area contributed by atoms with E-state index in [1.165, 1.54) is 42.1 Å². The van der Waals surface area contributed by atoms with E-state index in [1.807, 2.05) is 0 Å². The number of hydrogen-bond donors (Lipinski definition) is 2. The lowest BCUT2D eigenvalue weighted by Crippen LogP contribution is -2.14. The number of ether oxygens (including phenoxy) is 1. The van der Waals surface area contributed by atoms with Gasteiger partial charge in [-0.3, -0.25) is 4.79 Å². The average molecular weight is 386 g/mol. The molecule has 0 aliphatic heterocycles. The molecule has 0 saturated carbocycles. The van der Waals surface area contributed by atoms with E-state index in [0.717, 1.165) is 0 Å². The number of benzene rings is 1. The van der Waals surface area contributed by atoms with Gasteiger partial charge < -0.3 is 15.2 Å². The summed E-state index contributed by atoms with van der Waals surface area (Å²) in [6.07, 6.45) is 2.69. The predicted octanol–water partition coefficient (Wildman–Crippen LogP) is 1.49. The first-order valence-electron chi connectivity index (χ1n) is 7.60. The van der Waals surface area contributed by atoms with Crippen molar-refractivity contribution < 1.29 is 19.4 Å². The highest BCUT2D eigenvalue weighted by atomic mass is 32.2. The van der Waals surface area contributed by atoms with E-state index in [4.69, 9.17) is 9.84 Å². The minimum atomic E-state index is -1.05. The smallest absolute Gasteiger partial charge is 0.337 e. The number of nitrogens with zero attached hydrogens (tertiary/aromatic N) is 5. The molecule has 0 atom stereocenters. The van der Waals surface area contributed by atoms with E-state index in [9.17, 15) is 9.59 Å². The molecule has 1 aromatic carbocycles. The highest BCUT2D eigenvalue weighted by molar-refractivity contribution is 7.99. The number of aromatic nitrogens is 5. The summed E-state index contributed by atoms with van der Waals surface area (Å²) in [5.41, 5.74) is 1.29. The highest BCUT2D eigenvalue weighted by Gasteiger charge is 2.11. The van der Waals surface area contributed by atoms with Gasteiger partial charge in [-0.2, -0.15) is 4.68 Å². The van der Waals surface area contributed by atoms with Crippen molar-refractivity contribution >= 4 is 29.3 Å². The molecule has 0 saturated heterocycles. The third kappa shape index (κ3) is 4.58. The van der Waals surface area contributed by atoms with E-state index in [1.54, 1.807) is 24.3 Å². The molecule has 0 spiro atoms. The van der Waals surface area contributed by atoms with Crippen LogP contribution in [0.3, 0.4) is 0 Å². The summed E-state index contributed by atoms with van der Waals surface area (Å²) in [5, 5.41) is 23.1. The molecule has 11 heteroatoms. The lowest BCUT2D eigenvalue weighted by atomic mass is 10.2. The first kappa shape index (κ1) is 18.3. The van der Waals surface area contributed by atoms with E-state index < -0.39 is 5.97 Å². The van der Waals surface area contributed by atoms with Crippen molar-refractivity contribution in [3.05, 3.63) is 48.4 Å². The van der Waals surface area contributed by atoms with Crippen LogP contribution in [0.1, 0.15) is 10.4 Å². The number of tetrazole rings is 1. The summed E-state index contributed by atoms with van der Waals surface area (Å²) in [6.45, 7) is 0. The summed E-state index contributed by atoms with van der Waals surface area (Å²) in [7, 11) is 1.51. The van der Waals surface area contributed by atoms with Gasteiger partial charge in [0.15, 0.2) is 0 Å². The predicted molar refractivity (Wildman–Crippen MR) is 96.3 cm³/mol. The molecule has 0 fully saturated rings. The second kappa shape index (κ2) is 8.27. The van der Waals surface area contributed by atoms with Crippen LogP contribution < -0.4 is 10.1 Å². The van der Waals surface area contributed by atoms with Crippen molar-refractivity contribution in [2.24, 2.45) is 0 Å². The van der Waals surface area contributed by atoms with Crippen LogP contribution in [0.25, 0.3) is 5.69 Å². The number of rotatable bonds is 7. The van der Waals surface area contributed by atoms with Gasteiger partial charge in [0, 0.05) is 18.0 Å². The molecule has 0 unspecified atom stereocenters. The molecular formula is C16H14N6O4S. The Balaban J connectivity index is 1.61. The van der Waals surface area contributed by atoms with Crippen LogP contribution in [-0.2, 0) is 4.79 Å². The normalized spacial score (nSPS) is 10.4. The fraction of sp³-hybridized carbons (Fsp3) is 0.125. The molecule has 1 amide bonds. The topological polar surface area (TPSA) is 132 Å². The molecule has 3 aromatic rings. The molecule has 0 aliphatic rings. The van der Waals surface area contributed by atoms with Gasteiger partial charge >= 0.3 is 5.97 Å². The number of hydrogen-bond acceptors (Lipinski definition) is 8. The quantitative estimate of drug-likeness (QED) is 0.580. The second-order valence-electron chi connectivity index (χ2n) is 5.17. The van der Waals surface area contributed by atoms with E-state index in [2.05, 4.69) is 25.8 Å². The number of thioether (sulfide) groups is 1. The minimum Gasteiger partial charge on any atom is -0.494 e. The molecule has 0 aliphatic carbocycles. The van der Waals surface area contributed by atoms with Crippen LogP contribution in [0.4, 0.5) is 5.69 Å². The molecule has 2 aromatic heterocycles. The molecular weight excluding hydrogens is 372 g/mol. The van der Waals surface area contributed by atoms with Crippen LogP contribution in [0.2, 0.25) is 0 Å². The summed E-state index contributed by atoms with van der Waals surface area (Å²) >= 11 is 1.20. The molecule has 2 N–H and O–H groups in total. The van der Waals surface area contributed by atoms with E-state index >= 15 is 0 Å². The van der Waals surface area contributed by atoms with Crippen molar-refractivity contribution in [3.8, 4) is 11.4 Å². The van der Waals surface area contributed by atoms with Gasteiger partial charge in [-0.15, -0.1) is 5.10 Å². The Hall–Kier alpha value is -3.47.